The molecule has 2 aliphatic heterocycles. The van der Waals surface area contributed by atoms with Gasteiger partial charge in [-0.3, -0.25) is 9.69 Å². The number of carbonyl (C=O) groups is 2. The Morgan fingerprint density at radius 1 is 1.06 bits per heavy atom. The topological polar surface area (TPSA) is 65.5 Å². The molecule has 0 spiro atoms. The lowest BCUT2D eigenvalue weighted by Crippen LogP contribution is -2.49. The van der Waals surface area contributed by atoms with Crippen molar-refractivity contribution in [3.05, 3.63) is 71.3 Å². The summed E-state index contributed by atoms with van der Waals surface area (Å²) in [5.41, 5.74) is 0.539. The highest BCUT2D eigenvalue weighted by atomic mass is 19.1. The summed E-state index contributed by atoms with van der Waals surface area (Å²) in [7, 11) is 1.38. The fraction of sp³-hybridized carbons (Fsp3) is 0.423. The lowest BCUT2D eigenvalue weighted by Gasteiger charge is -2.38. The van der Waals surface area contributed by atoms with Gasteiger partial charge in [0.15, 0.2) is 0 Å². The Bertz CT molecular complexity index is 1100. The van der Waals surface area contributed by atoms with Crippen LogP contribution in [0.4, 0.5) is 13.6 Å². The molecule has 0 radical (unpaired) electrons. The normalized spacial score (nSPS) is 20.6. The van der Waals surface area contributed by atoms with Crippen molar-refractivity contribution in [2.75, 3.05) is 39.8 Å². The van der Waals surface area contributed by atoms with Gasteiger partial charge in [-0.25, -0.2) is 18.6 Å². The number of amides is 2. The largest absolute Gasteiger partial charge is 0.453 e. The van der Waals surface area contributed by atoms with E-state index in [1.54, 1.807) is 4.90 Å². The Morgan fingerprint density at radius 2 is 1.77 bits per heavy atom. The van der Waals surface area contributed by atoms with Gasteiger partial charge in [0.2, 0.25) is 5.91 Å². The molecule has 35 heavy (non-hydrogen) atoms. The molecule has 0 bridgehead atoms. The second-order valence-corrected chi connectivity index (χ2v) is 8.98. The van der Waals surface area contributed by atoms with Crippen LogP contribution < -0.4 is 0 Å². The van der Waals surface area contributed by atoms with E-state index < -0.39 is 17.2 Å². The standard InChI is InChI=1S/C26H30F2N4O3/c1-19(33)32-26(20-7-4-3-5-8-20,18-24(29-32)22-17-21(27)9-10-23(22)28)11-6-12-30-13-15-31(16-14-30)25(34)35-2/h3-5,7-10,17H,6,11-16,18H2,1-2H3/t26-/m0/s1. The third kappa shape index (κ3) is 5.19. The summed E-state index contributed by atoms with van der Waals surface area (Å²) in [6.07, 6.45) is 1.32. The molecule has 0 unspecified atom stereocenters. The molecule has 2 heterocycles. The summed E-state index contributed by atoms with van der Waals surface area (Å²) in [5, 5.41) is 5.96. The van der Waals surface area contributed by atoms with Gasteiger partial charge in [-0.1, -0.05) is 30.3 Å². The summed E-state index contributed by atoms with van der Waals surface area (Å²) in [4.78, 5) is 28.4. The molecule has 1 atom stereocenters. The number of halogens is 2. The highest BCUT2D eigenvalue weighted by Gasteiger charge is 2.46. The smallest absolute Gasteiger partial charge is 0.409 e. The number of piperazine rings is 1. The minimum Gasteiger partial charge on any atom is -0.453 e. The molecular weight excluding hydrogens is 454 g/mol. The average molecular weight is 485 g/mol. The maximum absolute atomic E-state index is 14.6. The predicted molar refractivity (Wildman–Crippen MR) is 128 cm³/mol. The van der Waals surface area contributed by atoms with E-state index in [0.717, 1.165) is 49.8 Å². The van der Waals surface area contributed by atoms with Crippen molar-refractivity contribution in [2.24, 2.45) is 5.10 Å². The van der Waals surface area contributed by atoms with Gasteiger partial charge in [-0.2, -0.15) is 5.10 Å². The number of hydrazone groups is 1. The van der Waals surface area contributed by atoms with E-state index >= 15 is 0 Å². The molecule has 0 aliphatic carbocycles. The van der Waals surface area contributed by atoms with Crippen molar-refractivity contribution in [1.82, 2.24) is 14.8 Å². The molecule has 2 aromatic carbocycles. The van der Waals surface area contributed by atoms with Crippen molar-refractivity contribution in [3.8, 4) is 0 Å². The Kier molecular flexibility index (Phi) is 7.45. The highest BCUT2D eigenvalue weighted by Crippen LogP contribution is 2.43. The molecule has 0 N–H and O–H groups in total. The predicted octanol–water partition coefficient (Wildman–Crippen LogP) is 3.98. The lowest BCUT2D eigenvalue weighted by atomic mass is 9.80. The molecule has 1 fully saturated rings. The molecule has 2 aromatic rings. The zero-order valence-corrected chi connectivity index (χ0v) is 20.0. The van der Waals surface area contributed by atoms with Crippen LogP contribution in [0.15, 0.2) is 53.6 Å². The molecular formula is C26H30F2N4O3. The van der Waals surface area contributed by atoms with Gasteiger partial charge >= 0.3 is 6.09 Å². The minimum absolute atomic E-state index is 0.0768. The van der Waals surface area contributed by atoms with Crippen molar-refractivity contribution >= 4 is 17.7 Å². The summed E-state index contributed by atoms with van der Waals surface area (Å²) in [5.74, 6) is -1.38. The van der Waals surface area contributed by atoms with Crippen LogP contribution in [0.3, 0.4) is 0 Å². The quantitative estimate of drug-likeness (QED) is 0.622. The first kappa shape index (κ1) is 24.8. The summed E-state index contributed by atoms with van der Waals surface area (Å²) >= 11 is 0. The monoisotopic (exact) mass is 484 g/mol. The summed E-state index contributed by atoms with van der Waals surface area (Å²) in [6, 6.07) is 12.9. The second-order valence-electron chi connectivity index (χ2n) is 8.98. The average Bonchev–Trinajstić information content (AvgIpc) is 3.27. The number of benzene rings is 2. The molecule has 0 aromatic heterocycles. The summed E-state index contributed by atoms with van der Waals surface area (Å²) < 4.78 is 33.4. The zero-order valence-electron chi connectivity index (χ0n) is 20.0. The van der Waals surface area contributed by atoms with Crippen LogP contribution in [0.5, 0.6) is 0 Å². The molecule has 9 heteroatoms. The van der Waals surface area contributed by atoms with E-state index in [9.17, 15) is 18.4 Å². The molecule has 186 valence electrons. The van der Waals surface area contributed by atoms with Crippen LogP contribution in [-0.2, 0) is 15.1 Å². The molecule has 0 saturated carbocycles. The van der Waals surface area contributed by atoms with Crippen molar-refractivity contribution in [1.29, 1.82) is 0 Å². The molecule has 7 nitrogen and oxygen atoms in total. The van der Waals surface area contributed by atoms with Crippen LogP contribution in [0.1, 0.15) is 37.3 Å². The van der Waals surface area contributed by atoms with Crippen LogP contribution in [0.25, 0.3) is 0 Å². The van der Waals surface area contributed by atoms with Crippen LogP contribution >= 0.6 is 0 Å². The second kappa shape index (κ2) is 10.5. The van der Waals surface area contributed by atoms with Gasteiger partial charge in [0.1, 0.15) is 11.6 Å². The highest BCUT2D eigenvalue weighted by molar-refractivity contribution is 6.03. The van der Waals surface area contributed by atoms with E-state index in [1.165, 1.54) is 19.0 Å². The van der Waals surface area contributed by atoms with Gasteiger partial charge in [-0.15, -0.1) is 0 Å². The molecule has 1 saturated heterocycles. The Balaban J connectivity index is 1.55. The number of rotatable bonds is 6. The van der Waals surface area contributed by atoms with E-state index in [-0.39, 0.29) is 24.0 Å². The van der Waals surface area contributed by atoms with Gasteiger partial charge in [0.05, 0.1) is 18.4 Å². The van der Waals surface area contributed by atoms with E-state index in [0.29, 0.717) is 25.2 Å². The summed E-state index contributed by atoms with van der Waals surface area (Å²) in [6.45, 7) is 4.89. The number of carbonyl (C=O) groups excluding carboxylic acids is 2. The van der Waals surface area contributed by atoms with E-state index in [1.807, 2.05) is 30.3 Å². The van der Waals surface area contributed by atoms with Crippen molar-refractivity contribution < 1.29 is 23.1 Å². The van der Waals surface area contributed by atoms with E-state index in [4.69, 9.17) is 4.74 Å². The Morgan fingerprint density at radius 3 is 2.43 bits per heavy atom. The third-order valence-electron chi connectivity index (χ3n) is 6.80. The van der Waals surface area contributed by atoms with E-state index in [2.05, 4.69) is 10.0 Å². The maximum atomic E-state index is 14.6. The number of nitrogens with zero attached hydrogens (tertiary/aromatic N) is 4. The molecule has 2 amide bonds. The Hall–Kier alpha value is -3.33. The van der Waals surface area contributed by atoms with Crippen molar-refractivity contribution in [2.45, 2.75) is 31.7 Å². The number of ether oxygens (including phenoxy) is 1. The fourth-order valence-corrected chi connectivity index (χ4v) is 5.03. The first-order valence-electron chi connectivity index (χ1n) is 11.8. The first-order valence-corrected chi connectivity index (χ1v) is 11.8. The number of methoxy groups -OCH3 is 1. The van der Waals surface area contributed by atoms with Gasteiger partial charge in [0.25, 0.3) is 0 Å². The first-order chi connectivity index (χ1) is 16.8. The maximum Gasteiger partial charge on any atom is 0.409 e. The zero-order chi connectivity index (χ0) is 25.0. The molecule has 4 rings (SSSR count). The Labute approximate surface area is 203 Å². The van der Waals surface area contributed by atoms with Crippen LogP contribution in [0.2, 0.25) is 0 Å². The fourth-order valence-electron chi connectivity index (χ4n) is 5.03. The number of hydrogen-bond acceptors (Lipinski definition) is 5. The molecule has 2 aliphatic rings. The van der Waals surface area contributed by atoms with Gasteiger partial charge < -0.3 is 9.64 Å². The minimum atomic E-state index is -0.797. The van der Waals surface area contributed by atoms with Crippen LogP contribution in [-0.4, -0.2) is 72.4 Å². The SMILES string of the molecule is COC(=O)N1CCN(CCC[C@@]2(c3ccccc3)CC(c3cc(F)ccc3F)=NN2C(C)=O)CC1. The number of hydrogen-bond donors (Lipinski definition) is 0. The van der Waals surface area contributed by atoms with Gasteiger partial charge in [0, 0.05) is 45.1 Å². The van der Waals surface area contributed by atoms with Gasteiger partial charge in [-0.05, 0) is 43.1 Å². The third-order valence-corrected chi connectivity index (χ3v) is 6.80. The van der Waals surface area contributed by atoms with Crippen LogP contribution in [0, 0.1) is 11.6 Å². The van der Waals surface area contributed by atoms with Crippen molar-refractivity contribution in [3.63, 3.8) is 0 Å². The lowest BCUT2D eigenvalue weighted by molar-refractivity contribution is -0.135.